The molecule has 2 aromatic heterocycles. The molecule has 1 aliphatic rings. The summed E-state index contributed by atoms with van der Waals surface area (Å²) in [6.07, 6.45) is 6.45. The quantitative estimate of drug-likeness (QED) is 0.630. The second kappa shape index (κ2) is 6.33. The number of benzene rings is 1. The van der Waals surface area contributed by atoms with Crippen molar-refractivity contribution in [1.82, 2.24) is 20.1 Å². The molecule has 0 bridgehead atoms. The molecule has 1 aromatic carbocycles. The van der Waals surface area contributed by atoms with Gasteiger partial charge in [0.1, 0.15) is 6.04 Å². The molecular formula is C19H20N4O3. The average Bonchev–Trinajstić information content (AvgIpc) is 3.15. The molecule has 7 heteroatoms. The van der Waals surface area contributed by atoms with Crippen LogP contribution in [0.5, 0.6) is 0 Å². The Morgan fingerprint density at radius 1 is 1.42 bits per heavy atom. The van der Waals surface area contributed by atoms with Crippen molar-refractivity contribution in [3.05, 3.63) is 54.0 Å². The number of aliphatic carboxylic acids is 1. The van der Waals surface area contributed by atoms with Crippen molar-refractivity contribution in [1.29, 1.82) is 0 Å². The molecule has 2 unspecified atom stereocenters. The van der Waals surface area contributed by atoms with E-state index in [1.54, 1.807) is 10.9 Å². The van der Waals surface area contributed by atoms with E-state index in [4.69, 9.17) is 0 Å². The largest absolute Gasteiger partial charge is 0.480 e. The predicted molar refractivity (Wildman–Crippen MR) is 95.6 cm³/mol. The Hall–Kier alpha value is -3.09. The smallest absolute Gasteiger partial charge is 0.326 e. The van der Waals surface area contributed by atoms with Gasteiger partial charge in [-0.25, -0.2) is 4.79 Å². The number of carbonyl (C=O) groups excluding carboxylic acids is 1. The van der Waals surface area contributed by atoms with Gasteiger partial charge in [-0.15, -0.1) is 0 Å². The normalized spacial score (nSPS) is 20.0. The van der Waals surface area contributed by atoms with Gasteiger partial charge in [-0.05, 0) is 29.5 Å². The first-order chi connectivity index (χ1) is 12.5. The van der Waals surface area contributed by atoms with Crippen molar-refractivity contribution < 1.29 is 14.7 Å². The van der Waals surface area contributed by atoms with Gasteiger partial charge in [0.05, 0.1) is 6.20 Å². The Morgan fingerprint density at radius 2 is 2.23 bits per heavy atom. The molecule has 1 saturated carbocycles. The topological polar surface area (TPSA) is 100 Å². The Bertz CT molecular complexity index is 974. The zero-order valence-corrected chi connectivity index (χ0v) is 14.3. The summed E-state index contributed by atoms with van der Waals surface area (Å²) < 4.78 is 1.71. The van der Waals surface area contributed by atoms with E-state index in [1.807, 2.05) is 43.7 Å². The van der Waals surface area contributed by atoms with E-state index in [9.17, 15) is 14.7 Å². The number of aromatic amines is 1. The Labute approximate surface area is 150 Å². The second-order valence-corrected chi connectivity index (χ2v) is 6.86. The summed E-state index contributed by atoms with van der Waals surface area (Å²) in [4.78, 5) is 27.3. The fraction of sp³-hybridized carbons (Fsp3) is 0.316. The van der Waals surface area contributed by atoms with Crippen LogP contribution in [0.4, 0.5) is 0 Å². The van der Waals surface area contributed by atoms with Crippen molar-refractivity contribution in [3.63, 3.8) is 0 Å². The molecule has 134 valence electrons. The van der Waals surface area contributed by atoms with Gasteiger partial charge in [0.25, 0.3) is 0 Å². The highest BCUT2D eigenvalue weighted by Gasteiger charge is 2.45. The van der Waals surface area contributed by atoms with Crippen molar-refractivity contribution in [3.8, 4) is 0 Å². The first kappa shape index (κ1) is 16.4. The van der Waals surface area contributed by atoms with E-state index in [0.717, 1.165) is 28.5 Å². The number of aryl methyl sites for hydroxylation is 1. The lowest BCUT2D eigenvalue weighted by Gasteiger charge is -2.14. The lowest BCUT2D eigenvalue weighted by Crippen LogP contribution is -2.43. The van der Waals surface area contributed by atoms with E-state index in [1.165, 1.54) is 0 Å². The first-order valence-electron chi connectivity index (χ1n) is 8.59. The van der Waals surface area contributed by atoms with Gasteiger partial charge in [0.15, 0.2) is 0 Å². The van der Waals surface area contributed by atoms with Gasteiger partial charge in [-0.3, -0.25) is 9.48 Å². The van der Waals surface area contributed by atoms with E-state index >= 15 is 0 Å². The summed E-state index contributed by atoms with van der Waals surface area (Å²) in [7, 11) is 1.84. The fourth-order valence-corrected chi connectivity index (χ4v) is 3.48. The summed E-state index contributed by atoms with van der Waals surface area (Å²) in [6.45, 7) is 0. The number of rotatable bonds is 6. The maximum atomic E-state index is 12.5. The van der Waals surface area contributed by atoms with E-state index in [-0.39, 0.29) is 24.2 Å². The van der Waals surface area contributed by atoms with Crippen LogP contribution in [0.15, 0.2) is 42.9 Å². The number of nitrogens with zero attached hydrogens (tertiary/aromatic N) is 2. The minimum Gasteiger partial charge on any atom is -0.480 e. The third-order valence-electron chi connectivity index (χ3n) is 4.99. The summed E-state index contributed by atoms with van der Waals surface area (Å²) in [6, 6.07) is 6.77. The molecule has 3 N–H and O–H groups in total. The van der Waals surface area contributed by atoms with Crippen molar-refractivity contribution in [2.75, 3.05) is 0 Å². The molecule has 7 nitrogen and oxygen atoms in total. The summed E-state index contributed by atoms with van der Waals surface area (Å²) in [5, 5.41) is 17.4. The molecule has 3 atom stereocenters. The Kier molecular flexibility index (Phi) is 3.99. The fourth-order valence-electron chi connectivity index (χ4n) is 3.48. The lowest BCUT2D eigenvalue weighted by atomic mass is 10.0. The van der Waals surface area contributed by atoms with Crippen molar-refractivity contribution in [2.24, 2.45) is 13.0 Å². The van der Waals surface area contributed by atoms with Gasteiger partial charge >= 0.3 is 5.97 Å². The van der Waals surface area contributed by atoms with Crippen LogP contribution in [0.3, 0.4) is 0 Å². The average molecular weight is 352 g/mol. The number of carbonyl (C=O) groups is 2. The standard InChI is InChI=1S/C19H20N4O3/c1-23-10-12(9-21-23)14-7-15(14)18(24)22-17(19(25)26)6-11-8-20-16-5-3-2-4-13(11)16/h2-5,8-10,14-15,17,20H,6-7H2,1H3,(H,22,24)(H,25,26)/t14?,15?,17-/m1/s1. The minimum absolute atomic E-state index is 0.131. The van der Waals surface area contributed by atoms with Crippen LogP contribution < -0.4 is 5.32 Å². The maximum absolute atomic E-state index is 12.5. The molecule has 1 fully saturated rings. The third kappa shape index (κ3) is 3.08. The minimum atomic E-state index is -1.03. The molecule has 1 amide bonds. The highest BCUT2D eigenvalue weighted by Crippen LogP contribution is 2.47. The molecule has 4 rings (SSSR count). The van der Waals surface area contributed by atoms with Crippen molar-refractivity contribution >= 4 is 22.8 Å². The third-order valence-corrected chi connectivity index (χ3v) is 4.99. The van der Waals surface area contributed by atoms with Crippen molar-refractivity contribution in [2.45, 2.75) is 24.8 Å². The molecule has 26 heavy (non-hydrogen) atoms. The van der Waals surface area contributed by atoms with Gasteiger partial charge in [-0.1, -0.05) is 18.2 Å². The van der Waals surface area contributed by atoms with Crippen LogP contribution in [0.2, 0.25) is 0 Å². The zero-order valence-electron chi connectivity index (χ0n) is 14.3. The molecule has 0 saturated heterocycles. The van der Waals surface area contributed by atoms with Crippen LogP contribution in [0.1, 0.15) is 23.5 Å². The summed E-state index contributed by atoms with van der Waals surface area (Å²) >= 11 is 0. The van der Waals surface area contributed by atoms with Crippen LogP contribution >= 0.6 is 0 Å². The molecule has 0 aliphatic heterocycles. The Balaban J connectivity index is 1.44. The van der Waals surface area contributed by atoms with Crippen LogP contribution in [-0.2, 0) is 23.1 Å². The number of hydrogen-bond donors (Lipinski definition) is 3. The number of carboxylic acids is 1. The monoisotopic (exact) mass is 352 g/mol. The van der Waals surface area contributed by atoms with E-state index in [2.05, 4.69) is 15.4 Å². The molecule has 0 radical (unpaired) electrons. The predicted octanol–water partition coefficient (Wildman–Crippen LogP) is 1.82. The maximum Gasteiger partial charge on any atom is 0.326 e. The first-order valence-corrected chi connectivity index (χ1v) is 8.59. The van der Waals surface area contributed by atoms with Gasteiger partial charge in [-0.2, -0.15) is 5.10 Å². The van der Waals surface area contributed by atoms with Gasteiger partial charge in [0.2, 0.25) is 5.91 Å². The second-order valence-electron chi connectivity index (χ2n) is 6.86. The summed E-state index contributed by atoms with van der Waals surface area (Å²) in [5.74, 6) is -1.27. The number of nitrogens with one attached hydrogen (secondary N) is 2. The lowest BCUT2D eigenvalue weighted by molar-refractivity contribution is -0.142. The number of hydrogen-bond acceptors (Lipinski definition) is 3. The number of H-pyrrole nitrogens is 1. The SMILES string of the molecule is Cn1cc(C2CC2C(=O)N[C@H](Cc2c[nH]c3ccccc23)C(=O)O)cn1. The highest BCUT2D eigenvalue weighted by molar-refractivity contribution is 5.89. The van der Waals surface area contributed by atoms with Crippen LogP contribution in [0, 0.1) is 5.92 Å². The highest BCUT2D eigenvalue weighted by atomic mass is 16.4. The molecule has 1 aliphatic carbocycles. The van der Waals surface area contributed by atoms with Gasteiger partial charge in [0, 0.05) is 42.7 Å². The number of amides is 1. The number of aromatic nitrogens is 3. The van der Waals surface area contributed by atoms with E-state index < -0.39 is 12.0 Å². The van der Waals surface area contributed by atoms with Crippen LogP contribution in [-0.4, -0.2) is 37.8 Å². The Morgan fingerprint density at radius 3 is 2.96 bits per heavy atom. The molecule has 0 spiro atoms. The number of para-hydroxylation sites is 1. The number of carboxylic acid groups (broad SMARTS) is 1. The van der Waals surface area contributed by atoms with Gasteiger partial charge < -0.3 is 15.4 Å². The molecular weight excluding hydrogens is 332 g/mol. The molecule has 2 heterocycles. The number of fused-ring (bicyclic) bond motifs is 1. The summed E-state index contributed by atoms with van der Waals surface area (Å²) in [5.41, 5.74) is 2.86. The molecule has 3 aromatic rings. The zero-order chi connectivity index (χ0) is 18.3. The van der Waals surface area contributed by atoms with Crippen LogP contribution in [0.25, 0.3) is 10.9 Å². The van der Waals surface area contributed by atoms with E-state index in [0.29, 0.717) is 0 Å².